The van der Waals surface area contributed by atoms with Crippen molar-refractivity contribution in [3.8, 4) is 51.2 Å². The van der Waals surface area contributed by atoms with Crippen LogP contribution in [0.4, 0.5) is 0 Å². The first kappa shape index (κ1) is 46.4. The topological polar surface area (TPSA) is 48.8 Å². The summed E-state index contributed by atoms with van der Waals surface area (Å²) in [5.41, 5.74) is 11.5. The van der Waals surface area contributed by atoms with Crippen LogP contribution >= 0.6 is 0 Å². The molecule has 0 unspecified atom stereocenters. The van der Waals surface area contributed by atoms with Crippen molar-refractivity contribution in [1.82, 2.24) is 19.3 Å². The number of hydrogen-bond donors (Lipinski definition) is 0. The minimum atomic E-state index is -0.0898. The number of nitrogens with zero attached hydrogens (tertiary/aromatic N) is 5. The molecule has 9 aromatic rings. The Morgan fingerprint density at radius 3 is 1.85 bits per heavy atom. The molecule has 0 spiro atoms. The summed E-state index contributed by atoms with van der Waals surface area (Å²) in [6.45, 7) is 27.1. The molecule has 6 nitrogen and oxygen atoms in total. The number of hydrogen-bond acceptors (Lipinski definition) is 3. The van der Waals surface area contributed by atoms with Crippen LogP contribution in [-0.4, -0.2) is 19.3 Å². The van der Waals surface area contributed by atoms with E-state index < -0.39 is 0 Å². The molecular formula is C59H59N5OPt-2. The molecule has 0 radical (unpaired) electrons. The first-order valence-corrected chi connectivity index (χ1v) is 22.7. The molecule has 0 aliphatic heterocycles. The van der Waals surface area contributed by atoms with Crippen LogP contribution in [0.15, 0.2) is 140 Å². The second-order valence-corrected chi connectivity index (χ2v) is 21.4. The monoisotopic (exact) mass is 1050 g/mol. The summed E-state index contributed by atoms with van der Waals surface area (Å²) in [5, 5.41) is 7.63. The number of aromatic nitrogens is 5. The summed E-state index contributed by atoms with van der Waals surface area (Å²) in [5.74, 6) is 2.73. The second-order valence-electron chi connectivity index (χ2n) is 21.4. The maximum atomic E-state index is 6.65. The Kier molecular flexibility index (Phi) is 12.2. The molecule has 0 atom stereocenters. The van der Waals surface area contributed by atoms with Crippen LogP contribution in [0.5, 0.6) is 11.5 Å². The van der Waals surface area contributed by atoms with Crippen LogP contribution in [-0.2, 0) is 42.7 Å². The standard InChI is InChI=1S/C59H59N5O.Pt/c1-56(2,3)40-25-27-48(39-19-14-13-15-20-39)51(34-40)55-61-63(38-62(55)45-32-42(58(7,8)9)31-43(33-45)59(10,11)12)44-21-18-22-46(36-44)65-47-26-28-50-49-23-16-17-24-52(49)64(53(50)37-47)54-35-41(29-30-60-54)57(4,5)6;/h13-35H,1-12H3;/q-2;. The molecule has 6 aromatic carbocycles. The van der Waals surface area contributed by atoms with E-state index in [4.69, 9.17) is 14.8 Å². The Hall–Kier alpha value is -6.10. The minimum absolute atomic E-state index is 0. The van der Waals surface area contributed by atoms with Crippen molar-refractivity contribution in [3.63, 3.8) is 0 Å². The Morgan fingerprint density at radius 1 is 0.530 bits per heavy atom. The summed E-state index contributed by atoms with van der Waals surface area (Å²) >= 11 is 0. The van der Waals surface area contributed by atoms with Crippen molar-refractivity contribution in [1.29, 1.82) is 0 Å². The molecule has 0 saturated heterocycles. The van der Waals surface area contributed by atoms with E-state index in [1.807, 2.05) is 30.5 Å². The van der Waals surface area contributed by atoms with Crippen LogP contribution in [0, 0.1) is 18.5 Å². The smallest absolute Gasteiger partial charge is 0.232 e. The zero-order valence-electron chi connectivity index (χ0n) is 40.2. The summed E-state index contributed by atoms with van der Waals surface area (Å²) in [7, 11) is 0. The predicted molar refractivity (Wildman–Crippen MR) is 266 cm³/mol. The average Bonchev–Trinajstić information content (AvgIpc) is 3.85. The molecule has 3 aromatic heterocycles. The minimum Gasteiger partial charge on any atom is -0.510 e. The number of ether oxygens (including phenoxy) is 1. The van der Waals surface area contributed by atoms with Gasteiger partial charge in [0.05, 0.1) is 0 Å². The van der Waals surface area contributed by atoms with Crippen molar-refractivity contribution in [2.75, 3.05) is 0 Å². The van der Waals surface area contributed by atoms with Gasteiger partial charge in [-0.1, -0.05) is 174 Å². The van der Waals surface area contributed by atoms with E-state index in [2.05, 4.69) is 220 Å². The molecule has 0 N–H and O–H groups in total. The SMILES string of the molecule is CC(C)(C)c1cc(-[n+]2[c-]n(-c3[c-]c(Oc4[c-]c5c(cc4)c4ccccc4n5-c4cc(C(C)(C)C)ccn4)ccc3)nc2-c2cc(C(C)(C)C)ccc2-c2ccccc2)cc(C(C)(C)C)c1.[Pt]. The number of fused-ring (bicyclic) bond motifs is 3. The van der Waals surface area contributed by atoms with Crippen LogP contribution in [0.1, 0.15) is 105 Å². The van der Waals surface area contributed by atoms with Gasteiger partial charge in [0, 0.05) is 55.5 Å². The Balaban J connectivity index is 0.00000592. The summed E-state index contributed by atoms with van der Waals surface area (Å²) < 4.78 is 12.8. The molecule has 0 saturated carbocycles. The van der Waals surface area contributed by atoms with Gasteiger partial charge < -0.3 is 13.9 Å². The number of para-hydroxylation sites is 1. The quantitative estimate of drug-likeness (QED) is 0.118. The van der Waals surface area contributed by atoms with Crippen molar-refractivity contribution in [2.45, 2.75) is 105 Å². The van der Waals surface area contributed by atoms with Gasteiger partial charge in [-0.25, -0.2) is 4.98 Å². The molecule has 7 heteroatoms. The summed E-state index contributed by atoms with van der Waals surface area (Å²) in [6, 6.07) is 54.2. The third-order valence-electron chi connectivity index (χ3n) is 12.3. The van der Waals surface area contributed by atoms with Crippen LogP contribution in [0.3, 0.4) is 0 Å². The molecular weight excluding hydrogens is 990 g/mol. The van der Waals surface area contributed by atoms with Gasteiger partial charge >= 0.3 is 0 Å². The molecule has 0 aliphatic carbocycles. The van der Waals surface area contributed by atoms with E-state index in [9.17, 15) is 0 Å². The van der Waals surface area contributed by atoms with E-state index in [0.717, 1.165) is 55.8 Å². The normalized spacial score (nSPS) is 12.4. The van der Waals surface area contributed by atoms with Gasteiger partial charge in [-0.3, -0.25) is 0 Å². The number of pyridine rings is 1. The molecule has 0 amide bonds. The Bertz CT molecular complexity index is 3190. The maximum absolute atomic E-state index is 6.65. The largest absolute Gasteiger partial charge is 0.510 e. The van der Waals surface area contributed by atoms with E-state index in [0.29, 0.717) is 17.2 Å². The van der Waals surface area contributed by atoms with Gasteiger partial charge in [-0.15, -0.1) is 29.7 Å². The fourth-order valence-electron chi connectivity index (χ4n) is 8.35. The third-order valence-corrected chi connectivity index (χ3v) is 12.3. The van der Waals surface area contributed by atoms with E-state index in [-0.39, 0.29) is 42.7 Å². The molecule has 338 valence electrons. The van der Waals surface area contributed by atoms with Crippen molar-refractivity contribution < 1.29 is 30.4 Å². The van der Waals surface area contributed by atoms with Gasteiger partial charge in [-0.05, 0) is 89.4 Å². The van der Waals surface area contributed by atoms with Gasteiger partial charge in [0.15, 0.2) is 0 Å². The van der Waals surface area contributed by atoms with Gasteiger partial charge in [-0.2, -0.15) is 22.9 Å². The van der Waals surface area contributed by atoms with Crippen LogP contribution in [0.25, 0.3) is 61.5 Å². The summed E-state index contributed by atoms with van der Waals surface area (Å²) in [6.07, 6.45) is 5.59. The van der Waals surface area contributed by atoms with Gasteiger partial charge in [0.2, 0.25) is 12.2 Å². The van der Waals surface area contributed by atoms with E-state index in [1.54, 1.807) is 4.68 Å². The maximum Gasteiger partial charge on any atom is 0.232 e. The Labute approximate surface area is 405 Å². The van der Waals surface area contributed by atoms with Gasteiger partial charge in [0.25, 0.3) is 0 Å². The molecule has 0 bridgehead atoms. The van der Waals surface area contributed by atoms with E-state index in [1.165, 1.54) is 22.3 Å². The van der Waals surface area contributed by atoms with Crippen molar-refractivity contribution >= 4 is 21.8 Å². The Morgan fingerprint density at radius 2 is 1.17 bits per heavy atom. The van der Waals surface area contributed by atoms with Crippen LogP contribution < -0.4 is 9.30 Å². The summed E-state index contributed by atoms with van der Waals surface area (Å²) in [4.78, 5) is 4.86. The predicted octanol–water partition coefficient (Wildman–Crippen LogP) is 14.4. The van der Waals surface area contributed by atoms with Crippen molar-refractivity contribution in [3.05, 3.63) is 180 Å². The number of rotatable bonds is 7. The van der Waals surface area contributed by atoms with Gasteiger partial charge in [0.1, 0.15) is 5.82 Å². The van der Waals surface area contributed by atoms with E-state index >= 15 is 0 Å². The average molecular weight is 1050 g/mol. The molecule has 0 aliphatic rings. The second kappa shape index (κ2) is 17.3. The molecule has 66 heavy (non-hydrogen) atoms. The number of benzene rings is 6. The molecule has 0 fully saturated rings. The first-order chi connectivity index (χ1) is 30.7. The van der Waals surface area contributed by atoms with Crippen LogP contribution in [0.2, 0.25) is 0 Å². The fourth-order valence-corrected chi connectivity index (χ4v) is 8.35. The molecule has 3 heterocycles. The zero-order chi connectivity index (χ0) is 46.1. The van der Waals surface area contributed by atoms with Crippen molar-refractivity contribution in [2.24, 2.45) is 0 Å². The third kappa shape index (κ3) is 9.18. The molecule has 9 rings (SSSR count). The fraction of sp³-hybridized carbons (Fsp3) is 0.271. The first-order valence-electron chi connectivity index (χ1n) is 22.7. The zero-order valence-corrected chi connectivity index (χ0v) is 42.5.